The van der Waals surface area contributed by atoms with Crippen LogP contribution in [-0.2, 0) is 6.42 Å². The molecule has 20 heavy (non-hydrogen) atoms. The minimum Gasteiger partial charge on any atom is -0.507 e. The fourth-order valence-corrected chi connectivity index (χ4v) is 2.91. The maximum atomic E-state index is 10.5. The molecule has 1 nitrogen and oxygen atoms in total. The normalized spacial score (nSPS) is 11.2. The molecule has 0 atom stereocenters. The van der Waals surface area contributed by atoms with Gasteiger partial charge in [-0.1, -0.05) is 62.2 Å². The average molecular weight is 264 g/mol. The van der Waals surface area contributed by atoms with Crippen LogP contribution in [0.1, 0.15) is 31.7 Å². The van der Waals surface area contributed by atoms with E-state index >= 15 is 0 Å². The van der Waals surface area contributed by atoms with E-state index in [-0.39, 0.29) is 0 Å². The van der Waals surface area contributed by atoms with Crippen molar-refractivity contribution in [2.24, 2.45) is 0 Å². The summed E-state index contributed by atoms with van der Waals surface area (Å²) in [5.74, 6) is 0.412. The second-order valence-electron chi connectivity index (χ2n) is 5.42. The molecule has 0 aliphatic heterocycles. The van der Waals surface area contributed by atoms with Crippen molar-refractivity contribution >= 4 is 21.5 Å². The molecule has 0 aromatic heterocycles. The molecule has 0 spiro atoms. The second kappa shape index (κ2) is 5.54. The first-order valence-corrected chi connectivity index (χ1v) is 7.43. The van der Waals surface area contributed by atoms with Gasteiger partial charge in [-0.25, -0.2) is 0 Å². The Morgan fingerprint density at radius 1 is 0.850 bits per heavy atom. The second-order valence-corrected chi connectivity index (χ2v) is 5.42. The minimum atomic E-state index is 0.412. The molecule has 1 N–H and O–H groups in total. The first kappa shape index (κ1) is 13.0. The molecule has 1 heteroatoms. The Balaban J connectivity index is 2.18. The van der Waals surface area contributed by atoms with Crippen molar-refractivity contribution in [3.05, 3.63) is 54.1 Å². The third-order valence-corrected chi connectivity index (χ3v) is 4.02. The lowest BCUT2D eigenvalue weighted by Crippen LogP contribution is -1.89. The first-order valence-electron chi connectivity index (χ1n) is 7.43. The maximum absolute atomic E-state index is 10.5. The molecule has 0 saturated carbocycles. The standard InChI is InChI=1S/C19H20O/c1-2-3-4-8-14-10-7-12-17-18(14)13-15-9-5-6-11-16(15)19(17)20/h5-7,9-13,20H,2-4,8H2,1H3. The van der Waals surface area contributed by atoms with Crippen LogP contribution in [0.5, 0.6) is 5.75 Å². The van der Waals surface area contributed by atoms with Crippen molar-refractivity contribution in [3.63, 3.8) is 0 Å². The van der Waals surface area contributed by atoms with Gasteiger partial charge in [0.25, 0.3) is 0 Å². The highest BCUT2D eigenvalue weighted by Gasteiger charge is 2.08. The van der Waals surface area contributed by atoms with Gasteiger partial charge in [-0.3, -0.25) is 0 Å². The molecule has 0 radical (unpaired) electrons. The smallest absolute Gasteiger partial charge is 0.131 e. The molecule has 0 aliphatic carbocycles. The molecule has 3 aromatic carbocycles. The minimum absolute atomic E-state index is 0.412. The summed E-state index contributed by atoms with van der Waals surface area (Å²) in [5, 5.41) is 14.7. The number of aryl methyl sites for hydroxylation is 1. The van der Waals surface area contributed by atoms with E-state index < -0.39 is 0 Å². The van der Waals surface area contributed by atoms with Crippen molar-refractivity contribution in [1.29, 1.82) is 0 Å². The molecular formula is C19H20O. The fraction of sp³-hybridized carbons (Fsp3) is 0.263. The summed E-state index contributed by atoms with van der Waals surface area (Å²) in [7, 11) is 0. The van der Waals surface area contributed by atoms with E-state index in [1.807, 2.05) is 24.3 Å². The van der Waals surface area contributed by atoms with Gasteiger partial charge in [-0.2, -0.15) is 0 Å². The highest BCUT2D eigenvalue weighted by atomic mass is 16.3. The monoisotopic (exact) mass is 264 g/mol. The summed E-state index contributed by atoms with van der Waals surface area (Å²) in [4.78, 5) is 0. The molecule has 0 unspecified atom stereocenters. The predicted molar refractivity (Wildman–Crippen MR) is 86.3 cm³/mol. The van der Waals surface area contributed by atoms with Crippen LogP contribution >= 0.6 is 0 Å². The van der Waals surface area contributed by atoms with E-state index in [1.165, 1.54) is 30.2 Å². The van der Waals surface area contributed by atoms with Crippen molar-refractivity contribution in [2.45, 2.75) is 32.6 Å². The number of aromatic hydroxyl groups is 1. The number of unbranched alkanes of at least 4 members (excludes halogenated alkanes) is 2. The third-order valence-electron chi connectivity index (χ3n) is 4.02. The highest BCUT2D eigenvalue weighted by molar-refractivity contribution is 6.06. The summed E-state index contributed by atoms with van der Waals surface area (Å²) in [6.07, 6.45) is 4.79. The maximum Gasteiger partial charge on any atom is 0.131 e. The largest absolute Gasteiger partial charge is 0.507 e. The van der Waals surface area contributed by atoms with Crippen molar-refractivity contribution in [1.82, 2.24) is 0 Å². The zero-order valence-electron chi connectivity index (χ0n) is 11.9. The van der Waals surface area contributed by atoms with E-state index in [2.05, 4.69) is 31.2 Å². The van der Waals surface area contributed by atoms with Gasteiger partial charge in [-0.15, -0.1) is 0 Å². The summed E-state index contributed by atoms with van der Waals surface area (Å²) in [6, 6.07) is 16.5. The van der Waals surface area contributed by atoms with Gasteiger partial charge >= 0.3 is 0 Å². The molecule has 0 heterocycles. The summed E-state index contributed by atoms with van der Waals surface area (Å²) < 4.78 is 0. The highest BCUT2D eigenvalue weighted by Crippen LogP contribution is 2.35. The van der Waals surface area contributed by atoms with E-state index in [4.69, 9.17) is 0 Å². The molecule has 0 fully saturated rings. The van der Waals surface area contributed by atoms with Crippen LogP contribution in [0.2, 0.25) is 0 Å². The van der Waals surface area contributed by atoms with Crippen LogP contribution in [0.15, 0.2) is 48.5 Å². The van der Waals surface area contributed by atoms with Crippen molar-refractivity contribution < 1.29 is 5.11 Å². The van der Waals surface area contributed by atoms with E-state index in [1.54, 1.807) is 0 Å². The van der Waals surface area contributed by atoms with Crippen molar-refractivity contribution in [3.8, 4) is 5.75 Å². The molecule has 0 saturated heterocycles. The number of phenols is 1. The van der Waals surface area contributed by atoms with Crippen LogP contribution in [0.4, 0.5) is 0 Å². The van der Waals surface area contributed by atoms with Crippen LogP contribution in [0.3, 0.4) is 0 Å². The van der Waals surface area contributed by atoms with Crippen LogP contribution < -0.4 is 0 Å². The van der Waals surface area contributed by atoms with Gasteiger partial charge in [-0.05, 0) is 35.2 Å². The third kappa shape index (κ3) is 2.24. The Bertz CT molecular complexity index is 743. The predicted octanol–water partition coefficient (Wildman–Crippen LogP) is 5.43. The van der Waals surface area contributed by atoms with Gasteiger partial charge in [0.1, 0.15) is 5.75 Å². The summed E-state index contributed by atoms with van der Waals surface area (Å²) in [6.45, 7) is 2.22. The Morgan fingerprint density at radius 3 is 2.50 bits per heavy atom. The number of hydrogen-bond donors (Lipinski definition) is 1. The SMILES string of the molecule is CCCCCc1cccc2c(O)c3ccccc3cc12. The lowest BCUT2D eigenvalue weighted by atomic mass is 9.96. The van der Waals surface area contributed by atoms with Crippen molar-refractivity contribution in [2.75, 3.05) is 0 Å². The average Bonchev–Trinajstić information content (AvgIpc) is 2.48. The topological polar surface area (TPSA) is 20.2 Å². The Kier molecular flexibility index (Phi) is 3.60. The first-order chi connectivity index (χ1) is 9.81. The molecule has 102 valence electrons. The zero-order chi connectivity index (χ0) is 13.9. The quantitative estimate of drug-likeness (QED) is 0.492. The number of benzene rings is 3. The van der Waals surface area contributed by atoms with E-state index in [0.717, 1.165) is 22.6 Å². The van der Waals surface area contributed by atoms with Crippen LogP contribution in [0.25, 0.3) is 21.5 Å². The number of hydrogen-bond acceptors (Lipinski definition) is 1. The molecule has 0 aliphatic rings. The Labute approximate surface area is 119 Å². The Morgan fingerprint density at radius 2 is 1.65 bits per heavy atom. The van der Waals surface area contributed by atoms with Gasteiger partial charge in [0.15, 0.2) is 0 Å². The van der Waals surface area contributed by atoms with E-state index in [0.29, 0.717) is 5.75 Å². The van der Waals surface area contributed by atoms with Gasteiger partial charge in [0, 0.05) is 10.8 Å². The summed E-state index contributed by atoms with van der Waals surface area (Å²) >= 11 is 0. The Hall–Kier alpha value is -2.02. The fourth-order valence-electron chi connectivity index (χ4n) is 2.91. The number of phenolic OH excluding ortho intramolecular Hbond substituents is 1. The van der Waals surface area contributed by atoms with Crippen LogP contribution in [-0.4, -0.2) is 5.11 Å². The number of rotatable bonds is 4. The van der Waals surface area contributed by atoms with Gasteiger partial charge in [0.2, 0.25) is 0 Å². The molecule has 0 amide bonds. The molecule has 0 bridgehead atoms. The number of fused-ring (bicyclic) bond motifs is 2. The summed E-state index contributed by atoms with van der Waals surface area (Å²) in [5.41, 5.74) is 1.34. The zero-order valence-corrected chi connectivity index (χ0v) is 11.9. The molecule has 3 aromatic rings. The molecular weight excluding hydrogens is 244 g/mol. The van der Waals surface area contributed by atoms with Gasteiger partial charge < -0.3 is 5.11 Å². The van der Waals surface area contributed by atoms with Gasteiger partial charge in [0.05, 0.1) is 0 Å². The lowest BCUT2D eigenvalue weighted by molar-refractivity contribution is 0.488. The lowest BCUT2D eigenvalue weighted by Gasteiger charge is -2.10. The van der Waals surface area contributed by atoms with Crippen LogP contribution in [0, 0.1) is 0 Å². The van der Waals surface area contributed by atoms with E-state index in [9.17, 15) is 5.11 Å². The molecule has 3 rings (SSSR count).